The van der Waals surface area contributed by atoms with E-state index in [4.69, 9.17) is 19.3 Å². The van der Waals surface area contributed by atoms with Crippen LogP contribution in [0.1, 0.15) is 40.2 Å². The fourth-order valence-electron chi connectivity index (χ4n) is 2.35. The first-order valence-electron chi connectivity index (χ1n) is 8.86. The molecule has 0 fully saturated rings. The van der Waals surface area contributed by atoms with E-state index in [1.54, 1.807) is 39.0 Å². The third-order valence-corrected chi connectivity index (χ3v) is 3.40. The van der Waals surface area contributed by atoms with Gasteiger partial charge in [0.25, 0.3) is 0 Å². The number of aliphatic carboxylic acids is 1. The van der Waals surface area contributed by atoms with Gasteiger partial charge in [-0.15, -0.1) is 0 Å². The number of benzene rings is 1. The van der Waals surface area contributed by atoms with Gasteiger partial charge in [0.05, 0.1) is 19.3 Å². The second-order valence-corrected chi connectivity index (χ2v) is 6.89. The van der Waals surface area contributed by atoms with Crippen LogP contribution in [0.3, 0.4) is 0 Å². The van der Waals surface area contributed by atoms with Gasteiger partial charge in [0.15, 0.2) is 17.6 Å². The Labute approximate surface area is 159 Å². The molecule has 0 spiro atoms. The van der Waals surface area contributed by atoms with Crippen molar-refractivity contribution in [1.29, 1.82) is 0 Å². The molecule has 0 aliphatic heterocycles. The highest BCUT2D eigenvalue weighted by molar-refractivity contribution is 5.75. The second-order valence-electron chi connectivity index (χ2n) is 6.89. The van der Waals surface area contributed by atoms with E-state index in [0.717, 1.165) is 0 Å². The van der Waals surface area contributed by atoms with Gasteiger partial charge in [0, 0.05) is 0 Å². The topological polar surface area (TPSA) is 114 Å². The Morgan fingerprint density at radius 2 is 1.70 bits per heavy atom. The van der Waals surface area contributed by atoms with Gasteiger partial charge in [-0.2, -0.15) is 0 Å². The van der Waals surface area contributed by atoms with Crippen LogP contribution in [-0.4, -0.2) is 53.2 Å². The van der Waals surface area contributed by atoms with Crippen LogP contribution >= 0.6 is 0 Å². The van der Waals surface area contributed by atoms with E-state index >= 15 is 0 Å². The molecule has 8 heteroatoms. The lowest BCUT2D eigenvalue weighted by Gasteiger charge is -2.25. The largest absolute Gasteiger partial charge is 0.490 e. The lowest BCUT2D eigenvalue weighted by molar-refractivity contribution is -0.148. The van der Waals surface area contributed by atoms with Gasteiger partial charge in [0.1, 0.15) is 5.60 Å². The molecule has 2 atom stereocenters. The predicted octanol–water partition coefficient (Wildman–Crippen LogP) is 2.37. The predicted molar refractivity (Wildman–Crippen MR) is 99.3 cm³/mol. The van der Waals surface area contributed by atoms with E-state index in [2.05, 4.69) is 5.32 Å². The number of rotatable bonds is 9. The summed E-state index contributed by atoms with van der Waals surface area (Å²) in [5.41, 5.74) is -0.0763. The number of aliphatic hydroxyl groups is 1. The minimum atomic E-state index is -1.79. The molecule has 27 heavy (non-hydrogen) atoms. The summed E-state index contributed by atoms with van der Waals surface area (Å²) in [7, 11) is 0. The number of aliphatic hydroxyl groups excluding tert-OH is 1. The number of amides is 1. The maximum Gasteiger partial charge on any atom is 0.407 e. The molecule has 0 aliphatic carbocycles. The number of hydrogen-bond donors (Lipinski definition) is 3. The van der Waals surface area contributed by atoms with Crippen molar-refractivity contribution in [2.75, 3.05) is 13.2 Å². The number of carboxylic acids is 1. The van der Waals surface area contributed by atoms with Gasteiger partial charge < -0.3 is 29.7 Å². The average molecular weight is 383 g/mol. The van der Waals surface area contributed by atoms with Crippen molar-refractivity contribution >= 4 is 12.1 Å². The van der Waals surface area contributed by atoms with E-state index in [1.807, 2.05) is 13.8 Å². The first kappa shape index (κ1) is 22.6. The molecule has 0 heterocycles. The summed E-state index contributed by atoms with van der Waals surface area (Å²) in [4.78, 5) is 23.2. The van der Waals surface area contributed by atoms with Crippen LogP contribution in [0.4, 0.5) is 4.79 Å². The maximum absolute atomic E-state index is 12.0. The van der Waals surface area contributed by atoms with Crippen LogP contribution in [-0.2, 0) is 16.0 Å². The van der Waals surface area contributed by atoms with Gasteiger partial charge in [0.2, 0.25) is 0 Å². The van der Waals surface area contributed by atoms with Crippen molar-refractivity contribution in [2.24, 2.45) is 0 Å². The van der Waals surface area contributed by atoms with Crippen LogP contribution in [0.2, 0.25) is 0 Å². The molecule has 1 amide bonds. The minimum absolute atomic E-state index is 0.0686. The summed E-state index contributed by atoms with van der Waals surface area (Å²) in [5.74, 6) is -0.358. The molecule has 1 aromatic rings. The Balaban J connectivity index is 3.02. The summed E-state index contributed by atoms with van der Waals surface area (Å²) in [6.45, 7) is 9.67. The van der Waals surface area contributed by atoms with Crippen LogP contribution in [0.25, 0.3) is 0 Å². The number of alkyl carbamates (subject to hydrolysis) is 1. The first-order valence-corrected chi connectivity index (χ1v) is 8.86. The Hall–Kier alpha value is -2.48. The molecule has 3 N–H and O–H groups in total. The normalized spacial score (nSPS) is 13.4. The highest BCUT2D eigenvalue weighted by Gasteiger charge is 2.29. The first-order chi connectivity index (χ1) is 12.6. The number of hydrogen-bond acceptors (Lipinski definition) is 6. The molecule has 0 saturated heterocycles. The average Bonchev–Trinajstić information content (AvgIpc) is 2.54. The molecule has 0 radical (unpaired) electrons. The van der Waals surface area contributed by atoms with E-state index in [-0.39, 0.29) is 6.42 Å². The van der Waals surface area contributed by atoms with Gasteiger partial charge in [-0.3, -0.25) is 0 Å². The summed E-state index contributed by atoms with van der Waals surface area (Å²) < 4.78 is 16.2. The summed E-state index contributed by atoms with van der Waals surface area (Å²) in [6, 6.07) is 4.06. The molecule has 2 unspecified atom stereocenters. The fourth-order valence-corrected chi connectivity index (χ4v) is 2.35. The van der Waals surface area contributed by atoms with Gasteiger partial charge in [-0.25, -0.2) is 9.59 Å². The fraction of sp³-hybridized carbons (Fsp3) is 0.579. The van der Waals surface area contributed by atoms with Crippen LogP contribution in [0.15, 0.2) is 18.2 Å². The zero-order valence-electron chi connectivity index (χ0n) is 16.4. The molecule has 0 aromatic heterocycles. The highest BCUT2D eigenvalue weighted by Crippen LogP contribution is 2.29. The molecular weight excluding hydrogens is 354 g/mol. The number of ether oxygens (including phenoxy) is 3. The van der Waals surface area contributed by atoms with E-state index in [0.29, 0.717) is 30.3 Å². The Bertz CT molecular complexity index is 639. The van der Waals surface area contributed by atoms with Crippen molar-refractivity contribution in [2.45, 2.75) is 58.8 Å². The second kappa shape index (κ2) is 10.0. The molecule has 152 valence electrons. The van der Waals surface area contributed by atoms with Crippen molar-refractivity contribution in [1.82, 2.24) is 5.32 Å². The van der Waals surface area contributed by atoms with E-state index in [9.17, 15) is 14.7 Å². The van der Waals surface area contributed by atoms with E-state index in [1.165, 1.54) is 0 Å². The molecular formula is C19H29NO7. The summed E-state index contributed by atoms with van der Waals surface area (Å²) in [6.07, 6.45) is -2.53. The third kappa shape index (κ3) is 7.74. The minimum Gasteiger partial charge on any atom is -0.490 e. The van der Waals surface area contributed by atoms with Crippen molar-refractivity contribution in [3.8, 4) is 11.5 Å². The molecule has 0 bridgehead atoms. The highest BCUT2D eigenvalue weighted by atomic mass is 16.6. The van der Waals surface area contributed by atoms with Gasteiger partial charge in [-0.1, -0.05) is 6.07 Å². The molecule has 8 nitrogen and oxygen atoms in total. The lowest BCUT2D eigenvalue weighted by Crippen LogP contribution is -2.49. The van der Waals surface area contributed by atoms with Crippen LogP contribution in [0.5, 0.6) is 11.5 Å². The molecule has 0 saturated carbocycles. The third-order valence-electron chi connectivity index (χ3n) is 3.40. The maximum atomic E-state index is 12.0. The number of carboxylic acid groups (broad SMARTS) is 1. The summed E-state index contributed by atoms with van der Waals surface area (Å²) >= 11 is 0. The zero-order valence-corrected chi connectivity index (χ0v) is 16.4. The lowest BCUT2D eigenvalue weighted by atomic mass is 10.0. The standard InChI is InChI=1S/C19H29NO7/c1-6-25-14-9-8-12(11-15(14)26-7-2)10-13(16(21)17(22)23)20-18(24)27-19(3,4)5/h8-9,11,13,16,21H,6-7,10H2,1-5H3,(H,20,24)(H,22,23). The molecule has 1 rings (SSSR count). The van der Waals surface area contributed by atoms with Crippen LogP contribution < -0.4 is 14.8 Å². The van der Waals surface area contributed by atoms with Crippen molar-refractivity contribution < 1.29 is 34.0 Å². The van der Waals surface area contributed by atoms with Gasteiger partial charge in [-0.05, 0) is 58.7 Å². The Morgan fingerprint density at radius 1 is 1.11 bits per heavy atom. The Morgan fingerprint density at radius 3 is 2.22 bits per heavy atom. The smallest absolute Gasteiger partial charge is 0.407 e. The Kier molecular flexibility index (Phi) is 8.36. The number of carbonyl (C=O) groups excluding carboxylic acids is 1. The SMILES string of the molecule is CCOc1ccc(CC(NC(=O)OC(C)(C)C)C(O)C(=O)O)cc1OCC. The number of nitrogens with one attached hydrogen (secondary N) is 1. The molecule has 0 aliphatic rings. The monoisotopic (exact) mass is 383 g/mol. The van der Waals surface area contributed by atoms with Crippen molar-refractivity contribution in [3.05, 3.63) is 23.8 Å². The van der Waals surface area contributed by atoms with Crippen LogP contribution in [0, 0.1) is 0 Å². The van der Waals surface area contributed by atoms with Crippen molar-refractivity contribution in [3.63, 3.8) is 0 Å². The number of carbonyl (C=O) groups is 2. The quantitative estimate of drug-likeness (QED) is 0.600. The molecule has 1 aromatic carbocycles. The summed E-state index contributed by atoms with van der Waals surface area (Å²) in [5, 5.41) is 21.6. The van der Waals surface area contributed by atoms with Gasteiger partial charge >= 0.3 is 12.1 Å². The van der Waals surface area contributed by atoms with E-state index < -0.39 is 29.8 Å². The zero-order chi connectivity index (χ0) is 20.6.